The van der Waals surface area contributed by atoms with Crippen LogP contribution in [0.3, 0.4) is 0 Å². The van der Waals surface area contributed by atoms with E-state index in [4.69, 9.17) is 15.5 Å². The molecule has 2 aliphatic rings. The fraction of sp³-hybridized carbons (Fsp3) is 0.400. The van der Waals surface area contributed by atoms with Gasteiger partial charge in [-0.2, -0.15) is 0 Å². The van der Waals surface area contributed by atoms with Crippen LogP contribution in [0.5, 0.6) is 5.75 Å². The van der Waals surface area contributed by atoms with E-state index in [0.29, 0.717) is 5.92 Å². The van der Waals surface area contributed by atoms with Crippen molar-refractivity contribution in [1.29, 1.82) is 0 Å². The third-order valence-electron chi connectivity index (χ3n) is 6.25. The van der Waals surface area contributed by atoms with Crippen molar-refractivity contribution in [3.05, 3.63) is 65.7 Å². The largest absolute Gasteiger partial charge is 0.487 e. The maximum Gasteiger partial charge on any atom is 0.219 e. The number of anilines is 1. The van der Waals surface area contributed by atoms with Gasteiger partial charge in [-0.15, -0.1) is 0 Å². The number of pyridine rings is 1. The molecule has 2 N–H and O–H groups in total. The van der Waals surface area contributed by atoms with E-state index in [1.54, 1.807) is 12.4 Å². The topological polar surface area (TPSA) is 77.2 Å². The molecular formula is C25H29N5O. The van der Waals surface area contributed by atoms with Crippen LogP contribution in [0.4, 0.5) is 5.95 Å². The number of fused-ring (bicyclic) bond motifs is 1. The first kappa shape index (κ1) is 19.9. The van der Waals surface area contributed by atoms with Crippen molar-refractivity contribution < 1.29 is 4.74 Å². The number of rotatable bonds is 4. The Hall–Kier alpha value is -2.99. The van der Waals surface area contributed by atoms with Gasteiger partial charge in [-0.3, -0.25) is 9.88 Å². The van der Waals surface area contributed by atoms with Gasteiger partial charge in [0.2, 0.25) is 5.95 Å². The highest BCUT2D eigenvalue weighted by Gasteiger charge is 2.30. The molecule has 31 heavy (non-hydrogen) atoms. The van der Waals surface area contributed by atoms with Crippen LogP contribution in [0.15, 0.2) is 48.9 Å². The Labute approximate surface area is 183 Å². The molecule has 0 saturated carbocycles. The summed E-state index contributed by atoms with van der Waals surface area (Å²) in [4.78, 5) is 15.5. The van der Waals surface area contributed by atoms with E-state index in [-0.39, 0.29) is 11.5 Å². The average molecular weight is 416 g/mol. The lowest BCUT2D eigenvalue weighted by Gasteiger charge is -2.32. The number of hydrogen-bond acceptors (Lipinski definition) is 6. The molecule has 160 valence electrons. The van der Waals surface area contributed by atoms with Crippen molar-refractivity contribution in [3.8, 4) is 16.9 Å². The van der Waals surface area contributed by atoms with E-state index in [2.05, 4.69) is 59.0 Å². The molecule has 1 atom stereocenters. The molecule has 0 aliphatic carbocycles. The number of aromatic nitrogens is 3. The smallest absolute Gasteiger partial charge is 0.219 e. The van der Waals surface area contributed by atoms with Gasteiger partial charge in [0, 0.05) is 60.8 Å². The third kappa shape index (κ3) is 4.39. The summed E-state index contributed by atoms with van der Waals surface area (Å²) >= 11 is 0. The van der Waals surface area contributed by atoms with E-state index in [0.717, 1.165) is 48.6 Å². The Kier molecular flexibility index (Phi) is 5.10. The van der Waals surface area contributed by atoms with Crippen LogP contribution >= 0.6 is 0 Å². The van der Waals surface area contributed by atoms with Crippen LogP contribution in [0, 0.1) is 0 Å². The molecule has 5 rings (SSSR count). The predicted octanol–water partition coefficient (Wildman–Crippen LogP) is 4.21. The average Bonchev–Trinajstić information content (AvgIpc) is 3.08. The minimum Gasteiger partial charge on any atom is -0.487 e. The molecule has 3 aromatic rings. The summed E-state index contributed by atoms with van der Waals surface area (Å²) in [5, 5.41) is 0. The van der Waals surface area contributed by atoms with Crippen molar-refractivity contribution in [2.45, 2.75) is 51.2 Å². The van der Waals surface area contributed by atoms with Gasteiger partial charge < -0.3 is 10.5 Å². The maximum absolute atomic E-state index is 6.03. The van der Waals surface area contributed by atoms with E-state index >= 15 is 0 Å². The molecule has 1 aromatic carbocycles. The van der Waals surface area contributed by atoms with Crippen molar-refractivity contribution in [1.82, 2.24) is 19.9 Å². The van der Waals surface area contributed by atoms with E-state index < -0.39 is 0 Å². The molecular weight excluding hydrogens is 386 g/mol. The zero-order valence-electron chi connectivity index (χ0n) is 18.2. The van der Waals surface area contributed by atoms with E-state index in [1.807, 2.05) is 6.20 Å². The highest BCUT2D eigenvalue weighted by Crippen LogP contribution is 2.36. The second kappa shape index (κ2) is 7.93. The molecule has 1 unspecified atom stereocenters. The first-order valence-corrected chi connectivity index (χ1v) is 11.0. The molecule has 2 aliphatic heterocycles. The molecule has 1 saturated heterocycles. The highest BCUT2D eigenvalue weighted by atomic mass is 16.5. The molecule has 1 fully saturated rings. The van der Waals surface area contributed by atoms with Gasteiger partial charge in [0.1, 0.15) is 11.4 Å². The van der Waals surface area contributed by atoms with Crippen molar-refractivity contribution in [2.24, 2.45) is 0 Å². The minimum absolute atomic E-state index is 0.0898. The number of benzene rings is 1. The second-order valence-electron chi connectivity index (χ2n) is 9.36. The number of ether oxygens (including phenoxy) is 1. The summed E-state index contributed by atoms with van der Waals surface area (Å²) in [6, 6.07) is 10.9. The van der Waals surface area contributed by atoms with Crippen LogP contribution in [0.25, 0.3) is 11.1 Å². The Morgan fingerprint density at radius 2 is 1.87 bits per heavy atom. The Balaban J connectivity index is 1.25. The van der Waals surface area contributed by atoms with Crippen molar-refractivity contribution >= 4 is 5.95 Å². The Bertz CT molecular complexity index is 1060. The summed E-state index contributed by atoms with van der Waals surface area (Å²) in [7, 11) is 0. The van der Waals surface area contributed by atoms with Gasteiger partial charge in [-0.05, 0) is 56.5 Å². The fourth-order valence-corrected chi connectivity index (χ4v) is 4.76. The summed E-state index contributed by atoms with van der Waals surface area (Å²) in [5.74, 6) is 1.79. The third-order valence-corrected chi connectivity index (χ3v) is 6.25. The van der Waals surface area contributed by atoms with Gasteiger partial charge in [-0.1, -0.05) is 18.2 Å². The molecule has 6 nitrogen and oxygen atoms in total. The lowest BCUT2D eigenvalue weighted by atomic mass is 9.93. The minimum atomic E-state index is -0.0898. The van der Waals surface area contributed by atoms with Crippen LogP contribution in [0.1, 0.15) is 49.4 Å². The summed E-state index contributed by atoms with van der Waals surface area (Å²) in [5.41, 5.74) is 11.3. The Morgan fingerprint density at radius 1 is 1.06 bits per heavy atom. The number of likely N-dealkylation sites (tertiary alicyclic amines) is 1. The van der Waals surface area contributed by atoms with Crippen molar-refractivity contribution in [2.75, 3.05) is 18.8 Å². The first-order chi connectivity index (χ1) is 14.9. The summed E-state index contributed by atoms with van der Waals surface area (Å²) in [6.07, 6.45) is 8.76. The number of hydrogen-bond donors (Lipinski definition) is 1. The molecule has 0 spiro atoms. The molecule has 0 bridgehead atoms. The standard InChI is InChI=1S/C25H29N5O/c1-25(2)11-20-10-17(5-8-23(20)31-25)15-30-9-3-4-19(16-30)22-7-6-18(12-27-22)21-13-28-24(26)29-14-21/h5-8,10,12-14,19H,3-4,9,11,15-16H2,1-2H3,(H2,26,28,29). The van der Waals surface area contributed by atoms with Gasteiger partial charge in [-0.25, -0.2) is 9.97 Å². The molecule has 0 amide bonds. The number of nitrogens with two attached hydrogens (primary N) is 1. The van der Waals surface area contributed by atoms with Gasteiger partial charge in [0.15, 0.2) is 0 Å². The molecule has 2 aromatic heterocycles. The van der Waals surface area contributed by atoms with Crippen LogP contribution in [-0.4, -0.2) is 38.5 Å². The molecule has 6 heteroatoms. The summed E-state index contributed by atoms with van der Waals surface area (Å²) in [6.45, 7) is 7.46. The molecule has 0 radical (unpaired) electrons. The summed E-state index contributed by atoms with van der Waals surface area (Å²) < 4.78 is 6.03. The van der Waals surface area contributed by atoms with E-state index in [9.17, 15) is 0 Å². The van der Waals surface area contributed by atoms with Gasteiger partial charge in [0.25, 0.3) is 0 Å². The predicted molar refractivity (Wildman–Crippen MR) is 122 cm³/mol. The van der Waals surface area contributed by atoms with Crippen LogP contribution in [0.2, 0.25) is 0 Å². The second-order valence-corrected chi connectivity index (χ2v) is 9.36. The number of piperidine rings is 1. The monoisotopic (exact) mass is 415 g/mol. The quantitative estimate of drug-likeness (QED) is 0.688. The van der Waals surface area contributed by atoms with E-state index in [1.165, 1.54) is 24.0 Å². The zero-order chi connectivity index (χ0) is 21.4. The SMILES string of the molecule is CC1(C)Cc2cc(CN3CCCC(c4ccc(-c5cnc(N)nc5)cn4)C3)ccc2O1. The highest BCUT2D eigenvalue weighted by molar-refractivity contribution is 5.60. The van der Waals surface area contributed by atoms with Gasteiger partial charge in [0.05, 0.1) is 0 Å². The van der Waals surface area contributed by atoms with Gasteiger partial charge >= 0.3 is 0 Å². The Morgan fingerprint density at radius 3 is 2.65 bits per heavy atom. The first-order valence-electron chi connectivity index (χ1n) is 11.0. The van der Waals surface area contributed by atoms with Crippen molar-refractivity contribution in [3.63, 3.8) is 0 Å². The normalized spacial score (nSPS) is 20.3. The lowest BCUT2D eigenvalue weighted by Crippen LogP contribution is -2.34. The number of nitrogen functional groups attached to an aromatic ring is 1. The number of nitrogens with zero attached hydrogens (tertiary/aromatic N) is 4. The lowest BCUT2D eigenvalue weighted by molar-refractivity contribution is 0.138. The fourth-order valence-electron chi connectivity index (χ4n) is 4.76. The van der Waals surface area contributed by atoms with Crippen LogP contribution < -0.4 is 10.5 Å². The maximum atomic E-state index is 6.03. The molecule has 4 heterocycles. The zero-order valence-corrected chi connectivity index (χ0v) is 18.2. The van der Waals surface area contributed by atoms with Crippen LogP contribution in [-0.2, 0) is 13.0 Å².